The van der Waals surface area contributed by atoms with Gasteiger partial charge in [-0.15, -0.1) is 0 Å². The zero-order valence-electron chi connectivity index (χ0n) is 17.6. The molecule has 1 saturated heterocycles. The molecule has 0 unspecified atom stereocenters. The fraction of sp³-hybridized carbons (Fsp3) is 0.435. The average Bonchev–Trinajstić information content (AvgIpc) is 3.47. The lowest BCUT2D eigenvalue weighted by molar-refractivity contribution is 0.259. The van der Waals surface area contributed by atoms with Gasteiger partial charge in [0.1, 0.15) is 5.82 Å². The highest BCUT2D eigenvalue weighted by atomic mass is 16.3. The molecule has 1 aliphatic heterocycles. The molecule has 0 atom stereocenters. The Morgan fingerprint density at radius 2 is 2.03 bits per heavy atom. The fourth-order valence-electron chi connectivity index (χ4n) is 3.91. The molecule has 0 amide bonds. The summed E-state index contributed by atoms with van der Waals surface area (Å²) in [5, 5.41) is 10.7. The number of likely N-dealkylation sites (tertiary alicyclic amines) is 1. The van der Waals surface area contributed by atoms with Crippen LogP contribution in [0.25, 0.3) is 11.6 Å². The summed E-state index contributed by atoms with van der Waals surface area (Å²) in [6, 6.07) is 14.5. The maximum absolute atomic E-state index is 5.34. The van der Waals surface area contributed by atoms with Gasteiger partial charge in [-0.2, -0.15) is 5.10 Å². The van der Waals surface area contributed by atoms with Crippen LogP contribution >= 0.6 is 0 Å². The van der Waals surface area contributed by atoms with Gasteiger partial charge in [-0.25, -0.2) is 4.98 Å². The van der Waals surface area contributed by atoms with Gasteiger partial charge in [0.2, 0.25) is 5.82 Å². The molecular formula is C23H30N6O. The molecule has 0 radical (unpaired) electrons. The van der Waals surface area contributed by atoms with Crippen molar-refractivity contribution in [2.75, 3.05) is 26.2 Å². The predicted molar refractivity (Wildman–Crippen MR) is 118 cm³/mol. The van der Waals surface area contributed by atoms with Crippen LogP contribution in [0.1, 0.15) is 31.2 Å². The molecular weight excluding hydrogens is 376 g/mol. The van der Waals surface area contributed by atoms with Crippen molar-refractivity contribution in [3.63, 3.8) is 0 Å². The SMILES string of the molecule is CCNC(=NCCc1nc(-c2ccco2)n[nH]1)N1CCC(Cc2ccccc2)CC1. The monoisotopic (exact) mass is 406 g/mol. The van der Waals surface area contributed by atoms with E-state index in [-0.39, 0.29) is 0 Å². The van der Waals surface area contributed by atoms with Gasteiger partial charge in [-0.05, 0) is 49.8 Å². The molecule has 30 heavy (non-hydrogen) atoms. The van der Waals surface area contributed by atoms with Crippen molar-refractivity contribution in [3.05, 3.63) is 60.1 Å². The number of nitrogens with zero attached hydrogens (tertiary/aromatic N) is 4. The third-order valence-electron chi connectivity index (χ3n) is 5.50. The Morgan fingerprint density at radius 3 is 2.77 bits per heavy atom. The van der Waals surface area contributed by atoms with Gasteiger partial charge in [-0.3, -0.25) is 10.1 Å². The van der Waals surface area contributed by atoms with E-state index in [4.69, 9.17) is 9.41 Å². The summed E-state index contributed by atoms with van der Waals surface area (Å²) in [6.45, 7) is 5.75. The topological polar surface area (TPSA) is 82.3 Å². The molecule has 0 spiro atoms. The maximum Gasteiger partial charge on any atom is 0.216 e. The molecule has 3 heterocycles. The summed E-state index contributed by atoms with van der Waals surface area (Å²) in [7, 11) is 0. The van der Waals surface area contributed by atoms with Gasteiger partial charge in [-0.1, -0.05) is 30.3 Å². The molecule has 0 aliphatic carbocycles. The average molecular weight is 407 g/mol. The first-order chi connectivity index (χ1) is 14.8. The van der Waals surface area contributed by atoms with Crippen LogP contribution in [-0.2, 0) is 12.8 Å². The Bertz CT molecular complexity index is 910. The molecule has 1 aliphatic rings. The van der Waals surface area contributed by atoms with Gasteiger partial charge >= 0.3 is 0 Å². The molecule has 4 rings (SSSR count). The van der Waals surface area contributed by atoms with E-state index in [0.717, 1.165) is 37.3 Å². The number of aliphatic imine (C=N–C) groups is 1. The van der Waals surface area contributed by atoms with Gasteiger partial charge in [0, 0.05) is 32.6 Å². The van der Waals surface area contributed by atoms with Crippen LogP contribution in [-0.4, -0.2) is 52.2 Å². The number of guanidine groups is 1. The van der Waals surface area contributed by atoms with Crippen molar-refractivity contribution in [1.82, 2.24) is 25.4 Å². The van der Waals surface area contributed by atoms with Crippen LogP contribution in [0.5, 0.6) is 0 Å². The number of rotatable bonds is 7. The number of hydrogen-bond acceptors (Lipinski definition) is 4. The minimum atomic E-state index is 0.589. The zero-order valence-corrected chi connectivity index (χ0v) is 17.6. The lowest BCUT2D eigenvalue weighted by Crippen LogP contribution is -2.46. The second-order valence-electron chi connectivity index (χ2n) is 7.69. The first-order valence-electron chi connectivity index (χ1n) is 10.8. The number of aromatic amines is 1. The molecule has 0 saturated carbocycles. The van der Waals surface area contributed by atoms with Crippen LogP contribution in [0.4, 0.5) is 0 Å². The van der Waals surface area contributed by atoms with Crippen LogP contribution in [0, 0.1) is 5.92 Å². The first-order valence-corrected chi connectivity index (χ1v) is 10.8. The van der Waals surface area contributed by atoms with E-state index in [2.05, 4.69) is 62.7 Å². The van der Waals surface area contributed by atoms with Crippen molar-refractivity contribution >= 4 is 5.96 Å². The summed E-state index contributed by atoms with van der Waals surface area (Å²) in [6.07, 6.45) is 5.92. The number of piperidine rings is 1. The van der Waals surface area contributed by atoms with Crippen LogP contribution in [0.2, 0.25) is 0 Å². The highest BCUT2D eigenvalue weighted by molar-refractivity contribution is 5.80. The third kappa shape index (κ3) is 5.28. The molecule has 2 N–H and O–H groups in total. The Kier molecular flexibility index (Phi) is 6.79. The second-order valence-corrected chi connectivity index (χ2v) is 7.69. The Hall–Kier alpha value is -3.09. The Balaban J connectivity index is 1.28. The lowest BCUT2D eigenvalue weighted by atomic mass is 9.90. The fourth-order valence-corrected chi connectivity index (χ4v) is 3.91. The molecule has 0 bridgehead atoms. The van der Waals surface area contributed by atoms with E-state index in [1.807, 2.05) is 12.1 Å². The summed E-state index contributed by atoms with van der Waals surface area (Å²) in [5.41, 5.74) is 1.44. The summed E-state index contributed by atoms with van der Waals surface area (Å²) in [5.74, 6) is 3.84. The first kappa shape index (κ1) is 20.2. The standard InChI is InChI=1S/C23H30N6O/c1-2-24-23(25-13-10-21-26-22(28-27-21)20-9-6-16-30-20)29-14-11-19(12-15-29)17-18-7-4-3-5-8-18/h3-9,16,19H,2,10-15,17H2,1H3,(H,24,25)(H,26,27,28). The Morgan fingerprint density at radius 1 is 1.20 bits per heavy atom. The molecule has 158 valence electrons. The number of hydrogen-bond donors (Lipinski definition) is 2. The van der Waals surface area contributed by atoms with E-state index >= 15 is 0 Å². The minimum Gasteiger partial charge on any atom is -0.461 e. The second kappa shape index (κ2) is 10.1. The van der Waals surface area contributed by atoms with Gasteiger partial charge in [0.15, 0.2) is 11.7 Å². The number of benzene rings is 1. The van der Waals surface area contributed by atoms with E-state index in [9.17, 15) is 0 Å². The molecule has 7 heteroatoms. The van der Waals surface area contributed by atoms with Crippen molar-refractivity contribution in [2.45, 2.75) is 32.6 Å². The Labute approximate surface area is 177 Å². The van der Waals surface area contributed by atoms with E-state index in [1.54, 1.807) is 6.26 Å². The summed E-state index contributed by atoms with van der Waals surface area (Å²) in [4.78, 5) is 11.7. The van der Waals surface area contributed by atoms with Gasteiger partial charge < -0.3 is 14.6 Å². The van der Waals surface area contributed by atoms with Crippen LogP contribution in [0.15, 0.2) is 58.1 Å². The number of aromatic nitrogens is 3. The molecule has 2 aromatic heterocycles. The van der Waals surface area contributed by atoms with Crippen molar-refractivity contribution in [3.8, 4) is 11.6 Å². The molecule has 3 aromatic rings. The summed E-state index contributed by atoms with van der Waals surface area (Å²) >= 11 is 0. The largest absolute Gasteiger partial charge is 0.461 e. The van der Waals surface area contributed by atoms with Crippen molar-refractivity contribution in [1.29, 1.82) is 0 Å². The quantitative estimate of drug-likeness (QED) is 0.463. The number of furan rings is 1. The third-order valence-corrected chi connectivity index (χ3v) is 5.50. The van der Waals surface area contributed by atoms with Crippen molar-refractivity contribution < 1.29 is 4.42 Å². The van der Waals surface area contributed by atoms with Crippen LogP contribution in [0.3, 0.4) is 0 Å². The van der Waals surface area contributed by atoms with E-state index < -0.39 is 0 Å². The number of H-pyrrole nitrogens is 1. The number of nitrogens with one attached hydrogen (secondary N) is 2. The van der Waals surface area contributed by atoms with Gasteiger partial charge in [0.25, 0.3) is 0 Å². The van der Waals surface area contributed by atoms with Gasteiger partial charge in [0.05, 0.1) is 6.26 Å². The van der Waals surface area contributed by atoms with Crippen LogP contribution < -0.4 is 5.32 Å². The van der Waals surface area contributed by atoms with Crippen molar-refractivity contribution in [2.24, 2.45) is 10.9 Å². The van der Waals surface area contributed by atoms with E-state index in [1.165, 1.54) is 24.8 Å². The zero-order chi connectivity index (χ0) is 20.6. The molecule has 7 nitrogen and oxygen atoms in total. The predicted octanol–water partition coefficient (Wildman–Crippen LogP) is 3.53. The smallest absolute Gasteiger partial charge is 0.216 e. The molecule has 1 aromatic carbocycles. The minimum absolute atomic E-state index is 0.589. The maximum atomic E-state index is 5.34. The highest BCUT2D eigenvalue weighted by Gasteiger charge is 2.21. The molecule has 1 fully saturated rings. The lowest BCUT2D eigenvalue weighted by Gasteiger charge is -2.34. The van der Waals surface area contributed by atoms with E-state index in [0.29, 0.717) is 24.6 Å². The summed E-state index contributed by atoms with van der Waals surface area (Å²) < 4.78 is 5.34. The highest BCUT2D eigenvalue weighted by Crippen LogP contribution is 2.21. The normalized spacial score (nSPS) is 15.5.